The van der Waals surface area contributed by atoms with Crippen molar-refractivity contribution in [1.82, 2.24) is 0 Å². The molecule has 0 spiro atoms. The van der Waals surface area contributed by atoms with Crippen LogP contribution in [0.25, 0.3) is 0 Å². The van der Waals surface area contributed by atoms with Crippen LogP contribution in [0.4, 0.5) is 17.1 Å². The van der Waals surface area contributed by atoms with Crippen molar-refractivity contribution in [2.45, 2.75) is 96.8 Å². The third kappa shape index (κ3) is 31.5. The van der Waals surface area contributed by atoms with E-state index in [0.29, 0.717) is 99.0 Å². The molecule has 0 unspecified atom stereocenters. The molecule has 0 bridgehead atoms. The van der Waals surface area contributed by atoms with Gasteiger partial charge in [-0.15, -0.1) is 0 Å². The van der Waals surface area contributed by atoms with Crippen molar-refractivity contribution < 1.29 is 47.7 Å². The molecule has 308 valence electrons. The van der Waals surface area contributed by atoms with Crippen LogP contribution in [0, 0.1) is 20.2 Å². The van der Waals surface area contributed by atoms with Gasteiger partial charge in [0.05, 0.1) is 115 Å². The fourth-order valence-corrected chi connectivity index (χ4v) is 5.23. The summed E-state index contributed by atoms with van der Waals surface area (Å²) in [7, 11) is 0. The first kappa shape index (κ1) is 48.5. The molecule has 0 aliphatic rings. The van der Waals surface area contributed by atoms with Crippen molar-refractivity contribution in [3.05, 3.63) is 38.4 Å². The molecule has 1 N–H and O–H groups in total. The van der Waals surface area contributed by atoms with E-state index in [1.54, 1.807) is 0 Å². The first-order valence-electron chi connectivity index (χ1n) is 19.8. The predicted octanol–water partition coefficient (Wildman–Crippen LogP) is 7.53. The average Bonchev–Trinajstić information content (AvgIpc) is 3.15. The van der Waals surface area contributed by atoms with Crippen LogP contribution in [0.3, 0.4) is 0 Å². The van der Waals surface area contributed by atoms with E-state index in [1.807, 2.05) is 0 Å². The van der Waals surface area contributed by atoms with Crippen LogP contribution in [0.15, 0.2) is 18.2 Å². The molecule has 0 amide bonds. The first-order valence-corrected chi connectivity index (χ1v) is 19.8. The van der Waals surface area contributed by atoms with E-state index in [4.69, 9.17) is 37.9 Å². The number of anilines is 1. The highest BCUT2D eigenvalue weighted by Crippen LogP contribution is 2.28. The minimum atomic E-state index is -0.675. The van der Waals surface area contributed by atoms with Crippen LogP contribution in [-0.4, -0.2) is 122 Å². The van der Waals surface area contributed by atoms with E-state index in [-0.39, 0.29) is 23.7 Å². The highest BCUT2D eigenvalue weighted by molar-refractivity contribution is 5.65. The van der Waals surface area contributed by atoms with Gasteiger partial charge in [0.15, 0.2) is 0 Å². The lowest BCUT2D eigenvalue weighted by atomic mass is 10.0. The second-order valence-electron chi connectivity index (χ2n) is 12.6. The zero-order chi connectivity index (χ0) is 38.3. The lowest BCUT2D eigenvalue weighted by Crippen LogP contribution is -2.15. The molecule has 15 heteroatoms. The minimum Gasteiger partial charge on any atom is -0.379 e. The van der Waals surface area contributed by atoms with Crippen molar-refractivity contribution in [2.24, 2.45) is 0 Å². The highest BCUT2D eigenvalue weighted by atomic mass is 16.6. The first-order chi connectivity index (χ1) is 26.1. The molecule has 15 nitrogen and oxygen atoms in total. The summed E-state index contributed by atoms with van der Waals surface area (Å²) in [5.74, 6) is 0. The Morgan fingerprint density at radius 2 is 0.792 bits per heavy atom. The van der Waals surface area contributed by atoms with E-state index >= 15 is 0 Å². The number of nitrogens with zero attached hydrogens (tertiary/aromatic N) is 2. The van der Waals surface area contributed by atoms with Gasteiger partial charge in [-0.2, -0.15) is 0 Å². The van der Waals surface area contributed by atoms with Gasteiger partial charge in [-0.1, -0.05) is 90.4 Å². The average molecular weight is 760 g/mol. The number of nitrogens with one attached hydrogen (secondary N) is 1. The quantitative estimate of drug-likeness (QED) is 0.0394. The molecule has 0 radical (unpaired) electrons. The van der Waals surface area contributed by atoms with Gasteiger partial charge in [0, 0.05) is 19.2 Å². The lowest BCUT2D eigenvalue weighted by Gasteiger charge is -2.09. The van der Waals surface area contributed by atoms with Crippen molar-refractivity contribution in [1.29, 1.82) is 0 Å². The zero-order valence-corrected chi connectivity index (χ0v) is 32.4. The predicted molar refractivity (Wildman–Crippen MR) is 205 cm³/mol. The van der Waals surface area contributed by atoms with E-state index in [9.17, 15) is 20.2 Å². The Morgan fingerprint density at radius 1 is 0.453 bits per heavy atom. The summed E-state index contributed by atoms with van der Waals surface area (Å²) in [6, 6.07) is 3.45. The number of ether oxygens (including phenoxy) is 8. The molecule has 1 aromatic rings. The standard InChI is InChI=1S/C38H69N3O12/c1-2-3-4-5-6-7-8-9-10-11-12-13-14-15-19-46-21-23-48-25-27-50-29-31-52-33-34-53-32-30-51-28-26-49-24-22-47-20-18-39-37-17-16-36(40(42)43)35-38(37)41(44)45/h16-17,35,39H,2-15,18-34H2,1H3. The van der Waals surface area contributed by atoms with Gasteiger partial charge in [0.25, 0.3) is 11.4 Å². The van der Waals surface area contributed by atoms with Gasteiger partial charge < -0.3 is 43.2 Å². The topological polar surface area (TPSA) is 172 Å². The summed E-state index contributed by atoms with van der Waals surface area (Å²) in [6.07, 6.45) is 19.1. The van der Waals surface area contributed by atoms with Gasteiger partial charge in [-0.3, -0.25) is 20.2 Å². The Morgan fingerprint density at radius 3 is 1.15 bits per heavy atom. The maximum atomic E-state index is 11.2. The number of benzene rings is 1. The maximum absolute atomic E-state index is 11.2. The molecular formula is C38H69N3O12. The Kier molecular flexibility index (Phi) is 34.6. The van der Waals surface area contributed by atoms with Crippen molar-refractivity contribution in [3.8, 4) is 0 Å². The summed E-state index contributed by atoms with van der Waals surface area (Å²) in [4.78, 5) is 20.6. The number of non-ortho nitro benzene ring substituents is 1. The Labute approximate surface area is 317 Å². The van der Waals surface area contributed by atoms with Gasteiger partial charge >= 0.3 is 0 Å². The van der Waals surface area contributed by atoms with E-state index in [0.717, 1.165) is 19.1 Å². The molecule has 53 heavy (non-hydrogen) atoms. The second kappa shape index (κ2) is 37.8. The summed E-state index contributed by atoms with van der Waals surface area (Å²) in [5.41, 5.74) is -0.506. The number of unbranched alkanes of at least 4 members (excludes halogenated alkanes) is 13. The molecule has 0 aliphatic carbocycles. The third-order valence-electron chi connectivity index (χ3n) is 8.20. The fourth-order valence-electron chi connectivity index (χ4n) is 5.23. The lowest BCUT2D eigenvalue weighted by molar-refractivity contribution is -0.393. The summed E-state index contributed by atoms with van der Waals surface area (Å²) in [6.45, 7) is 10.4. The maximum Gasteiger partial charge on any atom is 0.299 e. The second-order valence-corrected chi connectivity index (χ2v) is 12.6. The molecule has 0 aliphatic heterocycles. The molecule has 1 rings (SSSR count). The van der Waals surface area contributed by atoms with Crippen molar-refractivity contribution >= 4 is 17.1 Å². The number of rotatable bonds is 42. The van der Waals surface area contributed by atoms with E-state index in [1.165, 1.54) is 95.6 Å². The van der Waals surface area contributed by atoms with Gasteiger partial charge in [0.2, 0.25) is 0 Å². The Bertz CT molecular complexity index is 992. The normalized spacial score (nSPS) is 11.3. The zero-order valence-electron chi connectivity index (χ0n) is 32.4. The molecule has 0 fully saturated rings. The van der Waals surface area contributed by atoms with Crippen LogP contribution >= 0.6 is 0 Å². The van der Waals surface area contributed by atoms with Crippen LogP contribution < -0.4 is 5.32 Å². The summed E-state index contributed by atoms with van der Waals surface area (Å²) < 4.78 is 44.1. The van der Waals surface area contributed by atoms with Crippen molar-refractivity contribution in [2.75, 3.05) is 118 Å². The third-order valence-corrected chi connectivity index (χ3v) is 8.20. The largest absolute Gasteiger partial charge is 0.379 e. The number of nitro groups is 2. The fraction of sp³-hybridized carbons (Fsp3) is 0.842. The molecule has 0 saturated heterocycles. The highest BCUT2D eigenvalue weighted by Gasteiger charge is 2.19. The van der Waals surface area contributed by atoms with Gasteiger partial charge in [-0.05, 0) is 12.5 Å². The molecule has 0 heterocycles. The molecule has 1 aromatic carbocycles. The van der Waals surface area contributed by atoms with Gasteiger partial charge in [-0.25, -0.2) is 0 Å². The van der Waals surface area contributed by atoms with Crippen molar-refractivity contribution in [3.63, 3.8) is 0 Å². The molecule has 0 aromatic heterocycles. The summed E-state index contributed by atoms with van der Waals surface area (Å²) >= 11 is 0. The smallest absolute Gasteiger partial charge is 0.299 e. The van der Waals surface area contributed by atoms with Crippen LogP contribution in [-0.2, 0) is 37.9 Å². The number of hydrogen-bond acceptors (Lipinski definition) is 13. The van der Waals surface area contributed by atoms with E-state index < -0.39 is 9.85 Å². The summed E-state index contributed by atoms with van der Waals surface area (Å²) in [5, 5.41) is 24.8. The number of hydrogen-bond donors (Lipinski definition) is 1. The van der Waals surface area contributed by atoms with Crippen LogP contribution in [0.2, 0.25) is 0 Å². The van der Waals surface area contributed by atoms with E-state index in [2.05, 4.69) is 12.2 Å². The minimum absolute atomic E-state index is 0.193. The van der Waals surface area contributed by atoms with Crippen LogP contribution in [0.1, 0.15) is 96.8 Å². The Hall–Kier alpha value is -2.50. The molecule has 0 atom stereocenters. The monoisotopic (exact) mass is 759 g/mol. The SMILES string of the molecule is CCCCCCCCCCCCCCCCOCCOCCOCCOCCOCCOCCOCCOCCNc1ccc([N+](=O)[O-])cc1[N+](=O)[O-]. The number of nitro benzene ring substituents is 2. The molecular weight excluding hydrogens is 690 g/mol. The molecule has 0 saturated carbocycles. The van der Waals surface area contributed by atoms with Gasteiger partial charge in [0.1, 0.15) is 5.69 Å². The van der Waals surface area contributed by atoms with Crippen LogP contribution in [0.5, 0.6) is 0 Å². The Balaban J connectivity index is 1.70.